The number of hydrogen-bond acceptors (Lipinski definition) is 5. The molecule has 0 radical (unpaired) electrons. The minimum atomic E-state index is -0.465. The number of benzene rings is 1. The zero-order valence-corrected chi connectivity index (χ0v) is 11.1. The van der Waals surface area contributed by atoms with E-state index in [0.717, 1.165) is 0 Å². The SMILES string of the molecule is CCOC(=O)C(C)Nc1ccc2c(c1)oc(=O)n2C. The lowest BCUT2D eigenvalue weighted by molar-refractivity contribution is -0.143. The molecule has 0 amide bonds. The molecule has 6 nitrogen and oxygen atoms in total. The van der Waals surface area contributed by atoms with Gasteiger partial charge in [0.2, 0.25) is 0 Å². The highest BCUT2D eigenvalue weighted by Crippen LogP contribution is 2.18. The van der Waals surface area contributed by atoms with Crippen molar-refractivity contribution in [1.82, 2.24) is 4.57 Å². The molecule has 2 aromatic rings. The van der Waals surface area contributed by atoms with Crippen LogP contribution in [0.15, 0.2) is 27.4 Å². The summed E-state index contributed by atoms with van der Waals surface area (Å²) in [6.45, 7) is 3.82. The summed E-state index contributed by atoms with van der Waals surface area (Å²) in [5.41, 5.74) is 1.88. The second-order valence-electron chi connectivity index (χ2n) is 4.23. The Balaban J connectivity index is 2.22. The van der Waals surface area contributed by atoms with Crippen LogP contribution in [0.4, 0.5) is 5.69 Å². The molecule has 0 saturated carbocycles. The van der Waals surface area contributed by atoms with Gasteiger partial charge >= 0.3 is 11.7 Å². The van der Waals surface area contributed by atoms with E-state index in [1.807, 2.05) is 0 Å². The molecule has 19 heavy (non-hydrogen) atoms. The number of anilines is 1. The van der Waals surface area contributed by atoms with Gasteiger partial charge in [-0.2, -0.15) is 0 Å². The van der Waals surface area contributed by atoms with Crippen LogP contribution in [0.1, 0.15) is 13.8 Å². The van der Waals surface area contributed by atoms with Crippen molar-refractivity contribution < 1.29 is 13.9 Å². The second kappa shape index (κ2) is 5.17. The molecule has 1 unspecified atom stereocenters. The van der Waals surface area contributed by atoms with Crippen LogP contribution in [0.25, 0.3) is 11.1 Å². The van der Waals surface area contributed by atoms with Crippen molar-refractivity contribution in [3.63, 3.8) is 0 Å². The van der Waals surface area contributed by atoms with Gasteiger partial charge in [0.15, 0.2) is 5.58 Å². The summed E-state index contributed by atoms with van der Waals surface area (Å²) in [6.07, 6.45) is 0. The summed E-state index contributed by atoms with van der Waals surface area (Å²) in [4.78, 5) is 22.9. The lowest BCUT2D eigenvalue weighted by Crippen LogP contribution is -2.28. The Labute approximate surface area is 110 Å². The maximum Gasteiger partial charge on any atom is 0.419 e. The van der Waals surface area contributed by atoms with Crippen LogP contribution in [0.2, 0.25) is 0 Å². The number of hydrogen-bond donors (Lipinski definition) is 1. The van der Waals surface area contributed by atoms with Crippen molar-refractivity contribution in [1.29, 1.82) is 0 Å². The third kappa shape index (κ3) is 2.62. The number of rotatable bonds is 4. The van der Waals surface area contributed by atoms with Gasteiger partial charge in [0.05, 0.1) is 12.1 Å². The lowest BCUT2D eigenvalue weighted by atomic mass is 10.2. The highest BCUT2D eigenvalue weighted by molar-refractivity contribution is 5.81. The van der Waals surface area contributed by atoms with Crippen LogP contribution in [0.5, 0.6) is 0 Å². The fourth-order valence-electron chi connectivity index (χ4n) is 1.80. The highest BCUT2D eigenvalue weighted by Gasteiger charge is 2.14. The molecular weight excluding hydrogens is 248 g/mol. The van der Waals surface area contributed by atoms with Crippen LogP contribution < -0.4 is 11.1 Å². The fourth-order valence-corrected chi connectivity index (χ4v) is 1.80. The molecule has 0 saturated heterocycles. The summed E-state index contributed by atoms with van der Waals surface area (Å²) < 4.78 is 11.4. The van der Waals surface area contributed by atoms with E-state index in [-0.39, 0.29) is 5.97 Å². The first-order chi connectivity index (χ1) is 9.02. The van der Waals surface area contributed by atoms with Gasteiger partial charge in [-0.25, -0.2) is 9.59 Å². The van der Waals surface area contributed by atoms with Gasteiger partial charge in [-0.15, -0.1) is 0 Å². The molecule has 1 aromatic carbocycles. The quantitative estimate of drug-likeness (QED) is 0.847. The van der Waals surface area contributed by atoms with Crippen molar-refractivity contribution in [2.45, 2.75) is 19.9 Å². The molecule has 1 atom stereocenters. The van der Waals surface area contributed by atoms with E-state index >= 15 is 0 Å². The van der Waals surface area contributed by atoms with Crippen LogP contribution in [-0.2, 0) is 16.6 Å². The Morgan fingerprint density at radius 2 is 2.26 bits per heavy atom. The average molecular weight is 264 g/mol. The Kier molecular flexibility index (Phi) is 3.59. The molecule has 1 heterocycles. The molecule has 0 fully saturated rings. The van der Waals surface area contributed by atoms with E-state index < -0.39 is 11.8 Å². The number of fused-ring (bicyclic) bond motifs is 1. The number of carbonyl (C=O) groups excluding carboxylic acids is 1. The molecule has 102 valence electrons. The topological polar surface area (TPSA) is 73.5 Å². The van der Waals surface area contributed by atoms with Crippen LogP contribution >= 0.6 is 0 Å². The number of oxazole rings is 1. The van der Waals surface area contributed by atoms with Gasteiger partial charge in [-0.05, 0) is 26.0 Å². The lowest BCUT2D eigenvalue weighted by Gasteiger charge is -2.13. The Bertz CT molecular complexity index is 656. The Hall–Kier alpha value is -2.24. The third-order valence-corrected chi connectivity index (χ3v) is 2.82. The molecule has 0 spiro atoms. The predicted octanol–water partition coefficient (Wildman–Crippen LogP) is 1.49. The molecular formula is C13H16N2O4. The van der Waals surface area contributed by atoms with Gasteiger partial charge in [0.1, 0.15) is 6.04 Å². The van der Waals surface area contributed by atoms with Crippen LogP contribution in [-0.4, -0.2) is 23.2 Å². The summed E-state index contributed by atoms with van der Waals surface area (Å²) in [5, 5.41) is 3.00. The Morgan fingerprint density at radius 3 is 2.95 bits per heavy atom. The van der Waals surface area contributed by atoms with Crippen molar-refractivity contribution in [3.05, 3.63) is 28.7 Å². The van der Waals surface area contributed by atoms with Gasteiger partial charge in [-0.3, -0.25) is 4.57 Å². The molecule has 1 aromatic heterocycles. The van der Waals surface area contributed by atoms with Crippen molar-refractivity contribution >= 4 is 22.8 Å². The summed E-state index contributed by atoms with van der Waals surface area (Å²) in [6, 6.07) is 4.77. The molecule has 0 bridgehead atoms. The van der Waals surface area contributed by atoms with Crippen molar-refractivity contribution in [2.24, 2.45) is 7.05 Å². The molecule has 0 aliphatic rings. The minimum Gasteiger partial charge on any atom is -0.464 e. The van der Waals surface area contributed by atoms with Crippen LogP contribution in [0, 0.1) is 0 Å². The predicted molar refractivity (Wildman–Crippen MR) is 71.2 cm³/mol. The minimum absolute atomic E-state index is 0.322. The van der Waals surface area contributed by atoms with Gasteiger partial charge in [0, 0.05) is 18.8 Å². The monoisotopic (exact) mass is 264 g/mol. The van der Waals surface area contributed by atoms with E-state index in [9.17, 15) is 9.59 Å². The first kappa shape index (κ1) is 13.2. The first-order valence-electron chi connectivity index (χ1n) is 6.05. The molecule has 1 N–H and O–H groups in total. The summed E-state index contributed by atoms with van der Waals surface area (Å²) in [5.74, 6) is -0.734. The molecule has 0 aliphatic heterocycles. The number of esters is 1. The number of nitrogens with zero attached hydrogens (tertiary/aromatic N) is 1. The molecule has 0 aliphatic carbocycles. The standard InChI is InChI=1S/C13H16N2O4/c1-4-18-12(16)8(2)14-9-5-6-10-11(7-9)19-13(17)15(10)3/h5-8,14H,4H2,1-3H3. The third-order valence-electron chi connectivity index (χ3n) is 2.82. The summed E-state index contributed by atoms with van der Waals surface area (Å²) in [7, 11) is 1.64. The highest BCUT2D eigenvalue weighted by atomic mass is 16.5. The van der Waals surface area contributed by atoms with Crippen molar-refractivity contribution in [2.75, 3.05) is 11.9 Å². The Morgan fingerprint density at radius 1 is 1.53 bits per heavy atom. The first-order valence-corrected chi connectivity index (χ1v) is 6.05. The number of carbonyl (C=O) groups is 1. The normalized spacial score (nSPS) is 12.4. The number of ether oxygens (including phenoxy) is 1. The fraction of sp³-hybridized carbons (Fsp3) is 0.385. The van der Waals surface area contributed by atoms with Crippen molar-refractivity contribution in [3.8, 4) is 0 Å². The molecule has 2 rings (SSSR count). The van der Waals surface area contributed by atoms with Gasteiger partial charge in [0.25, 0.3) is 0 Å². The van der Waals surface area contributed by atoms with Gasteiger partial charge < -0.3 is 14.5 Å². The smallest absolute Gasteiger partial charge is 0.419 e. The van der Waals surface area contributed by atoms with E-state index in [1.54, 1.807) is 39.1 Å². The molecule has 6 heteroatoms. The number of nitrogens with one attached hydrogen (secondary N) is 1. The van der Waals surface area contributed by atoms with E-state index in [0.29, 0.717) is 23.4 Å². The van der Waals surface area contributed by atoms with E-state index in [2.05, 4.69) is 5.32 Å². The van der Waals surface area contributed by atoms with E-state index in [4.69, 9.17) is 9.15 Å². The second-order valence-corrected chi connectivity index (χ2v) is 4.23. The zero-order chi connectivity index (χ0) is 14.0. The van der Waals surface area contributed by atoms with E-state index in [1.165, 1.54) is 4.57 Å². The number of aryl methyl sites for hydroxylation is 1. The average Bonchev–Trinajstić information content (AvgIpc) is 2.65. The van der Waals surface area contributed by atoms with Gasteiger partial charge in [-0.1, -0.05) is 0 Å². The zero-order valence-electron chi connectivity index (χ0n) is 11.1. The summed E-state index contributed by atoms with van der Waals surface area (Å²) >= 11 is 0. The largest absolute Gasteiger partial charge is 0.464 e. The maximum atomic E-state index is 11.5. The van der Waals surface area contributed by atoms with Crippen LogP contribution in [0.3, 0.4) is 0 Å². The number of aromatic nitrogens is 1. The maximum absolute atomic E-state index is 11.5.